The highest BCUT2D eigenvalue weighted by molar-refractivity contribution is 5.86. The van der Waals surface area contributed by atoms with Crippen LogP contribution >= 0.6 is 0 Å². The van der Waals surface area contributed by atoms with E-state index in [2.05, 4.69) is 5.32 Å². The Hall–Kier alpha value is -2.28. The van der Waals surface area contributed by atoms with Crippen LogP contribution in [0.4, 0.5) is 0 Å². The van der Waals surface area contributed by atoms with Gasteiger partial charge in [-0.2, -0.15) is 0 Å². The van der Waals surface area contributed by atoms with Crippen LogP contribution in [0.15, 0.2) is 24.3 Å². The van der Waals surface area contributed by atoms with Gasteiger partial charge in [-0.05, 0) is 31.2 Å². The van der Waals surface area contributed by atoms with Gasteiger partial charge in [0.25, 0.3) is 5.91 Å². The third kappa shape index (κ3) is 4.43. The summed E-state index contributed by atoms with van der Waals surface area (Å²) in [6.07, 6.45) is -0.892. The fourth-order valence-corrected chi connectivity index (χ4v) is 1.39. The minimum Gasteiger partial charge on any atom is -0.497 e. The van der Waals surface area contributed by atoms with E-state index < -0.39 is 30.6 Å². The summed E-state index contributed by atoms with van der Waals surface area (Å²) in [6.45, 7) is 0.798. The fraction of sp³-hybridized carbons (Fsp3) is 0.385. The van der Waals surface area contributed by atoms with E-state index in [1.165, 1.54) is 14.0 Å². The van der Waals surface area contributed by atoms with Crippen LogP contribution in [0.25, 0.3) is 0 Å². The Kier molecular flexibility index (Phi) is 5.79. The first-order chi connectivity index (χ1) is 9.47. The van der Waals surface area contributed by atoms with E-state index in [9.17, 15) is 9.59 Å². The number of carbonyl (C=O) groups is 2. The monoisotopic (exact) mass is 283 g/mol. The highest BCUT2D eigenvalue weighted by Crippen LogP contribution is 2.18. The number of aliphatic hydroxyl groups excluding tert-OH is 1. The Balaban J connectivity index is 2.58. The number of nitrogens with one attached hydrogen (secondary N) is 1. The number of carbonyl (C=O) groups excluding carboxylic acids is 1. The number of amides is 1. The molecular formula is C13H17NO6. The number of aliphatic carboxylic acids is 1. The summed E-state index contributed by atoms with van der Waals surface area (Å²) < 4.78 is 10.3. The number of benzene rings is 1. The molecule has 1 aromatic carbocycles. The summed E-state index contributed by atoms with van der Waals surface area (Å²) in [5.41, 5.74) is 0. The maximum atomic E-state index is 11.7. The van der Waals surface area contributed by atoms with E-state index in [1.54, 1.807) is 24.3 Å². The first-order valence-electron chi connectivity index (χ1n) is 5.92. The van der Waals surface area contributed by atoms with Crippen LogP contribution in [0.1, 0.15) is 6.92 Å². The summed E-state index contributed by atoms with van der Waals surface area (Å²) in [7, 11) is 1.53. The van der Waals surface area contributed by atoms with Gasteiger partial charge in [-0.15, -0.1) is 0 Å². The lowest BCUT2D eigenvalue weighted by Crippen LogP contribution is -2.48. The first kappa shape index (κ1) is 15.8. The average Bonchev–Trinajstić information content (AvgIpc) is 2.44. The molecule has 0 bridgehead atoms. The molecule has 0 spiro atoms. The molecule has 0 radical (unpaired) electrons. The molecule has 20 heavy (non-hydrogen) atoms. The number of rotatable bonds is 7. The number of ether oxygens (including phenoxy) is 2. The van der Waals surface area contributed by atoms with Crippen molar-refractivity contribution < 1.29 is 29.3 Å². The molecule has 0 saturated heterocycles. The van der Waals surface area contributed by atoms with E-state index >= 15 is 0 Å². The summed E-state index contributed by atoms with van der Waals surface area (Å²) in [5, 5.41) is 19.7. The van der Waals surface area contributed by atoms with E-state index in [0.717, 1.165) is 0 Å². The van der Waals surface area contributed by atoms with Crippen LogP contribution in [0.5, 0.6) is 11.5 Å². The highest BCUT2D eigenvalue weighted by atomic mass is 16.5. The number of methoxy groups -OCH3 is 1. The van der Waals surface area contributed by atoms with Crippen LogP contribution in [0, 0.1) is 0 Å². The highest BCUT2D eigenvalue weighted by Gasteiger charge is 2.23. The van der Waals surface area contributed by atoms with Gasteiger partial charge in [-0.3, -0.25) is 4.79 Å². The number of hydrogen-bond donors (Lipinski definition) is 3. The Bertz CT molecular complexity index is 458. The standard InChI is InChI=1S/C13H17NO6/c1-8(12(16)14-11(7-15)13(17)18)20-10-5-3-9(19-2)4-6-10/h3-6,8,11,15H,7H2,1-2H3,(H,14,16)(H,17,18)/t8?,11-/m0/s1. The Labute approximate surface area is 116 Å². The van der Waals surface area contributed by atoms with Crippen LogP contribution in [-0.4, -0.2) is 48.0 Å². The predicted octanol–water partition coefficient (Wildman–Crippen LogP) is 0.0242. The minimum atomic E-state index is -1.34. The Morgan fingerprint density at radius 1 is 1.25 bits per heavy atom. The van der Waals surface area contributed by atoms with E-state index in [4.69, 9.17) is 19.7 Å². The van der Waals surface area contributed by atoms with Crippen molar-refractivity contribution in [2.75, 3.05) is 13.7 Å². The lowest BCUT2D eigenvalue weighted by atomic mass is 10.2. The van der Waals surface area contributed by atoms with Crippen molar-refractivity contribution in [3.05, 3.63) is 24.3 Å². The number of aliphatic hydroxyl groups is 1. The lowest BCUT2D eigenvalue weighted by Gasteiger charge is -2.17. The van der Waals surface area contributed by atoms with Crippen molar-refractivity contribution in [3.8, 4) is 11.5 Å². The molecule has 2 atom stereocenters. The van der Waals surface area contributed by atoms with Crippen molar-refractivity contribution in [2.24, 2.45) is 0 Å². The second kappa shape index (κ2) is 7.34. The second-order valence-electron chi connectivity index (χ2n) is 4.02. The van der Waals surface area contributed by atoms with Crippen molar-refractivity contribution in [3.63, 3.8) is 0 Å². The van der Waals surface area contributed by atoms with Crippen LogP contribution in [0.3, 0.4) is 0 Å². The largest absolute Gasteiger partial charge is 0.497 e. The van der Waals surface area contributed by atoms with Gasteiger partial charge < -0.3 is 25.0 Å². The molecule has 1 amide bonds. The van der Waals surface area contributed by atoms with Crippen molar-refractivity contribution in [1.82, 2.24) is 5.32 Å². The van der Waals surface area contributed by atoms with Gasteiger partial charge in [0.05, 0.1) is 13.7 Å². The first-order valence-corrected chi connectivity index (χ1v) is 5.92. The van der Waals surface area contributed by atoms with Gasteiger partial charge in [-0.25, -0.2) is 4.79 Å². The van der Waals surface area contributed by atoms with E-state index in [0.29, 0.717) is 11.5 Å². The third-order valence-electron chi connectivity index (χ3n) is 2.54. The molecule has 1 aromatic rings. The fourth-order valence-electron chi connectivity index (χ4n) is 1.39. The van der Waals surface area contributed by atoms with Gasteiger partial charge in [0, 0.05) is 0 Å². The van der Waals surface area contributed by atoms with Gasteiger partial charge >= 0.3 is 5.97 Å². The summed E-state index contributed by atoms with van der Waals surface area (Å²) in [6, 6.07) is 5.26. The molecule has 1 rings (SSSR count). The molecule has 7 nitrogen and oxygen atoms in total. The zero-order valence-corrected chi connectivity index (χ0v) is 11.2. The number of carboxylic acid groups (broad SMARTS) is 1. The quantitative estimate of drug-likeness (QED) is 0.652. The molecule has 0 aliphatic rings. The average molecular weight is 283 g/mol. The maximum absolute atomic E-state index is 11.7. The van der Waals surface area contributed by atoms with Crippen molar-refractivity contribution in [2.45, 2.75) is 19.1 Å². The van der Waals surface area contributed by atoms with E-state index in [1.807, 2.05) is 0 Å². The number of carboxylic acids is 1. The molecule has 0 heterocycles. The van der Waals surface area contributed by atoms with Gasteiger partial charge in [-0.1, -0.05) is 0 Å². The molecule has 0 aliphatic carbocycles. The van der Waals surface area contributed by atoms with E-state index in [-0.39, 0.29) is 0 Å². The minimum absolute atomic E-state index is 0.448. The third-order valence-corrected chi connectivity index (χ3v) is 2.54. The molecular weight excluding hydrogens is 266 g/mol. The summed E-state index contributed by atoms with van der Waals surface area (Å²) in [4.78, 5) is 22.4. The van der Waals surface area contributed by atoms with Gasteiger partial charge in [0.15, 0.2) is 6.10 Å². The topological polar surface area (TPSA) is 105 Å². The second-order valence-corrected chi connectivity index (χ2v) is 4.02. The normalized spacial score (nSPS) is 13.2. The number of hydrogen-bond acceptors (Lipinski definition) is 5. The molecule has 110 valence electrons. The Morgan fingerprint density at radius 2 is 1.80 bits per heavy atom. The Morgan fingerprint density at radius 3 is 2.25 bits per heavy atom. The van der Waals surface area contributed by atoms with Gasteiger partial charge in [0.2, 0.25) is 0 Å². The van der Waals surface area contributed by atoms with Crippen molar-refractivity contribution >= 4 is 11.9 Å². The summed E-state index contributed by atoms with van der Waals surface area (Å²) in [5.74, 6) is -0.829. The molecule has 0 fully saturated rings. The molecule has 1 unspecified atom stereocenters. The van der Waals surface area contributed by atoms with Crippen molar-refractivity contribution in [1.29, 1.82) is 0 Å². The lowest BCUT2D eigenvalue weighted by molar-refractivity contribution is -0.144. The molecule has 7 heteroatoms. The predicted molar refractivity (Wildman–Crippen MR) is 69.7 cm³/mol. The van der Waals surface area contributed by atoms with Crippen LogP contribution in [-0.2, 0) is 9.59 Å². The molecule has 0 aromatic heterocycles. The smallest absolute Gasteiger partial charge is 0.328 e. The molecule has 0 aliphatic heterocycles. The van der Waals surface area contributed by atoms with Gasteiger partial charge in [0.1, 0.15) is 17.5 Å². The van der Waals surface area contributed by atoms with Crippen LogP contribution < -0.4 is 14.8 Å². The maximum Gasteiger partial charge on any atom is 0.328 e. The molecule has 3 N–H and O–H groups in total. The zero-order chi connectivity index (χ0) is 15.1. The SMILES string of the molecule is COc1ccc(OC(C)C(=O)N[C@@H](CO)C(=O)O)cc1. The molecule has 0 saturated carbocycles. The zero-order valence-electron chi connectivity index (χ0n) is 11.2. The van der Waals surface area contributed by atoms with Crippen LogP contribution in [0.2, 0.25) is 0 Å². The summed E-state index contributed by atoms with van der Waals surface area (Å²) >= 11 is 0.